The van der Waals surface area contributed by atoms with Crippen LogP contribution in [0.5, 0.6) is 0 Å². The number of Topliss-reactive ketones (excluding diaryl/α,β-unsaturated/α-hetero) is 1. The fourth-order valence-electron chi connectivity index (χ4n) is 10.3. The molecule has 3 aliphatic carbocycles. The maximum absolute atomic E-state index is 15.5. The lowest BCUT2D eigenvalue weighted by atomic mass is 9.44. The summed E-state index contributed by atoms with van der Waals surface area (Å²) in [4.78, 5) is 83.6. The first kappa shape index (κ1) is 45.3. The van der Waals surface area contributed by atoms with Crippen LogP contribution in [0.3, 0.4) is 0 Å². The third-order valence-electron chi connectivity index (χ3n) is 13.5. The number of aliphatic hydroxyl groups excluding tert-OH is 3. The van der Waals surface area contributed by atoms with Gasteiger partial charge in [-0.2, -0.15) is 0 Å². The largest absolute Gasteiger partial charge is 0.456 e. The van der Waals surface area contributed by atoms with E-state index >= 15 is 4.79 Å². The Labute approximate surface area is 363 Å². The molecule has 16 heteroatoms. The minimum atomic E-state index is -2.48. The van der Waals surface area contributed by atoms with E-state index in [0.29, 0.717) is 5.56 Å². The van der Waals surface area contributed by atoms with Crippen LogP contribution < -0.4 is 5.32 Å². The van der Waals surface area contributed by atoms with Gasteiger partial charge in [-0.15, -0.1) is 0 Å². The van der Waals surface area contributed by atoms with Crippen molar-refractivity contribution >= 4 is 35.6 Å². The van der Waals surface area contributed by atoms with Gasteiger partial charge in [-0.05, 0) is 54.8 Å². The van der Waals surface area contributed by atoms with Crippen molar-refractivity contribution in [3.05, 3.63) is 119 Å². The molecule has 2 bridgehead atoms. The molecule has 4 aliphatic rings. The molecule has 0 aromatic heterocycles. The normalized spacial score (nSPS) is 32.7. The van der Waals surface area contributed by atoms with Crippen molar-refractivity contribution in [2.24, 2.45) is 16.7 Å². The van der Waals surface area contributed by atoms with Gasteiger partial charge in [0.2, 0.25) is 0 Å². The first-order chi connectivity index (χ1) is 29.7. The molecule has 3 aromatic rings. The van der Waals surface area contributed by atoms with Crippen LogP contribution >= 0.6 is 0 Å². The molecular formula is C47H51NO15. The number of hydrogen-bond donors (Lipinski definition) is 5. The monoisotopic (exact) mass is 869 g/mol. The molecule has 334 valence electrons. The Morgan fingerprint density at radius 1 is 0.810 bits per heavy atom. The van der Waals surface area contributed by atoms with Gasteiger partial charge in [-0.1, -0.05) is 80.6 Å². The maximum Gasteiger partial charge on any atom is 0.338 e. The van der Waals surface area contributed by atoms with E-state index in [4.69, 9.17) is 23.7 Å². The summed E-state index contributed by atoms with van der Waals surface area (Å²) >= 11 is 0. The van der Waals surface area contributed by atoms with Crippen LogP contribution in [0.1, 0.15) is 80.3 Å². The first-order valence-corrected chi connectivity index (χ1v) is 20.6. The molecule has 16 nitrogen and oxygen atoms in total. The van der Waals surface area contributed by atoms with Crippen molar-refractivity contribution in [2.75, 3.05) is 6.61 Å². The highest BCUT2D eigenvalue weighted by atomic mass is 16.6. The number of carbonyl (C=O) groups excluding carboxylic acids is 6. The van der Waals surface area contributed by atoms with Crippen LogP contribution in [-0.2, 0) is 42.9 Å². The molecule has 3 fully saturated rings. The predicted octanol–water partition coefficient (Wildman–Crippen LogP) is 2.71. The molecule has 1 amide bonds. The van der Waals surface area contributed by atoms with E-state index in [2.05, 4.69) is 5.32 Å². The van der Waals surface area contributed by atoms with Crippen molar-refractivity contribution < 1.29 is 72.9 Å². The molecule has 1 unspecified atom stereocenters. The summed E-state index contributed by atoms with van der Waals surface area (Å²) in [5.74, 6) is -7.48. The summed E-state index contributed by atoms with van der Waals surface area (Å²) in [6.45, 7) is 7.39. The number of fused-ring (bicyclic) bond motifs is 5. The number of ether oxygens (including phenoxy) is 5. The Morgan fingerprint density at radius 3 is 1.92 bits per heavy atom. The zero-order valence-electron chi connectivity index (χ0n) is 35.6. The van der Waals surface area contributed by atoms with Crippen LogP contribution in [0.2, 0.25) is 0 Å². The summed E-state index contributed by atoms with van der Waals surface area (Å²) in [5.41, 5.74) is -7.98. The maximum atomic E-state index is 15.5. The molecule has 1 aliphatic heterocycles. The molecule has 63 heavy (non-hydrogen) atoms. The highest BCUT2D eigenvalue weighted by molar-refractivity contribution is 5.96. The highest BCUT2D eigenvalue weighted by Crippen LogP contribution is 2.64. The average Bonchev–Trinajstić information content (AvgIpc) is 3.24. The highest BCUT2D eigenvalue weighted by Gasteiger charge is 2.80. The molecule has 5 N–H and O–H groups in total. The van der Waals surface area contributed by atoms with Gasteiger partial charge in [-0.25, -0.2) is 9.59 Å². The average molecular weight is 870 g/mol. The molecule has 7 rings (SSSR count). The number of amides is 1. The van der Waals surface area contributed by atoms with E-state index < -0.39 is 125 Å². The third-order valence-corrected chi connectivity index (χ3v) is 13.5. The Bertz CT molecular complexity index is 2320. The van der Waals surface area contributed by atoms with Gasteiger partial charge in [0.25, 0.3) is 5.91 Å². The Morgan fingerprint density at radius 2 is 1.38 bits per heavy atom. The van der Waals surface area contributed by atoms with Crippen LogP contribution in [0, 0.1) is 16.7 Å². The number of aliphatic hydroxyl groups is 4. The van der Waals surface area contributed by atoms with Gasteiger partial charge in [-0.3, -0.25) is 19.2 Å². The second-order valence-electron chi connectivity index (χ2n) is 17.5. The van der Waals surface area contributed by atoms with E-state index in [1.807, 2.05) is 0 Å². The fraction of sp³-hybridized carbons (Fsp3) is 0.447. The summed E-state index contributed by atoms with van der Waals surface area (Å²) in [5, 5.41) is 51.8. The predicted molar refractivity (Wildman–Crippen MR) is 219 cm³/mol. The number of esters is 4. The summed E-state index contributed by atoms with van der Waals surface area (Å²) in [6.07, 6.45) is -13.5. The van der Waals surface area contributed by atoms with Crippen molar-refractivity contribution in [1.29, 1.82) is 0 Å². The van der Waals surface area contributed by atoms with E-state index in [0.717, 1.165) is 13.8 Å². The van der Waals surface area contributed by atoms with Crippen LogP contribution in [0.25, 0.3) is 0 Å². The number of rotatable bonds is 10. The molecule has 2 saturated carbocycles. The van der Waals surface area contributed by atoms with Gasteiger partial charge in [0, 0.05) is 31.2 Å². The van der Waals surface area contributed by atoms with Crippen molar-refractivity contribution in [3.63, 3.8) is 0 Å². The molecule has 3 aromatic carbocycles. The lowest BCUT2D eigenvalue weighted by Crippen LogP contribution is -2.85. The minimum Gasteiger partial charge on any atom is -0.456 e. The van der Waals surface area contributed by atoms with Crippen LogP contribution in [0.15, 0.2) is 102 Å². The van der Waals surface area contributed by atoms with Crippen molar-refractivity contribution in [3.8, 4) is 0 Å². The lowest BCUT2D eigenvalue weighted by Gasteiger charge is -2.68. The molecule has 0 radical (unpaired) electrons. The van der Waals surface area contributed by atoms with E-state index in [-0.39, 0.29) is 22.3 Å². The van der Waals surface area contributed by atoms with E-state index in [1.165, 1.54) is 39.8 Å². The van der Waals surface area contributed by atoms with Crippen LogP contribution in [0.4, 0.5) is 0 Å². The quantitative estimate of drug-likeness (QED) is 0.112. The fourth-order valence-corrected chi connectivity index (χ4v) is 10.3. The SMILES string of the molecule is CC(=O)O[C@H]1C(=O)[C@@]2(C)C([C@H](OC(=O)c3ccccc3)[C@]3(O)C[C@H](OC(=O)[C@H](O)[C@@H](NC(=O)c4ccccc4)c4ccccc4)C(C)=C1C3(C)C)[C@]1(OC(C)=O)CO[C@@H]1[C@@H](O)[C@@H]2O. The summed E-state index contributed by atoms with van der Waals surface area (Å²) in [6, 6.07) is 22.6. The number of carbonyl (C=O) groups is 6. The van der Waals surface area contributed by atoms with Crippen LogP contribution in [-0.4, -0.2) is 117 Å². The molecular weight excluding hydrogens is 819 g/mol. The minimum absolute atomic E-state index is 0.0180. The van der Waals surface area contributed by atoms with E-state index in [1.54, 1.807) is 78.9 Å². The Balaban J connectivity index is 1.40. The van der Waals surface area contributed by atoms with Crippen molar-refractivity contribution in [1.82, 2.24) is 5.32 Å². The number of hydrogen-bond acceptors (Lipinski definition) is 15. The van der Waals surface area contributed by atoms with Gasteiger partial charge in [0.15, 0.2) is 23.6 Å². The number of nitrogens with one attached hydrogen (secondary N) is 1. The standard InChI is InChI=1S/C47H51NO15/c1-24-30(61-43(57)33(51)32(27-16-10-7-11-17-27)48-41(55)28-18-12-8-13-19-28)22-47(58)40(62-42(56)29-20-14-9-15-21-29)36-45(6,38(54)35(60-25(2)49)31(24)44(47,4)5)37(53)34(52)39-46(36,23-59-39)63-26(3)50/h7-21,30,32-37,39-40,51-53,58H,22-23H2,1-6H3,(H,48,55)/t30-,32-,33+,34-,35+,36?,37-,39+,40-,45-,46+,47+/m0/s1. The van der Waals surface area contributed by atoms with Crippen molar-refractivity contribution in [2.45, 2.75) is 108 Å². The zero-order valence-corrected chi connectivity index (χ0v) is 35.6. The molecule has 1 heterocycles. The third kappa shape index (κ3) is 7.42. The summed E-state index contributed by atoms with van der Waals surface area (Å²) < 4.78 is 29.9. The van der Waals surface area contributed by atoms with E-state index in [9.17, 15) is 44.4 Å². The molecule has 12 atom stereocenters. The second kappa shape index (κ2) is 16.7. The van der Waals surface area contributed by atoms with Gasteiger partial charge in [0.05, 0.1) is 35.6 Å². The Kier molecular flexibility index (Phi) is 12.0. The lowest BCUT2D eigenvalue weighted by molar-refractivity contribution is -0.369. The molecule has 0 spiro atoms. The zero-order chi connectivity index (χ0) is 45.8. The topological polar surface area (TPSA) is 242 Å². The first-order valence-electron chi connectivity index (χ1n) is 20.6. The summed E-state index contributed by atoms with van der Waals surface area (Å²) in [7, 11) is 0. The smallest absolute Gasteiger partial charge is 0.338 e. The Hall–Kier alpha value is -5.78. The number of ketones is 1. The second-order valence-corrected chi connectivity index (χ2v) is 17.5. The van der Waals surface area contributed by atoms with Gasteiger partial charge < -0.3 is 49.4 Å². The van der Waals surface area contributed by atoms with Gasteiger partial charge in [0.1, 0.15) is 30.0 Å². The molecule has 1 saturated heterocycles. The van der Waals surface area contributed by atoms with Gasteiger partial charge >= 0.3 is 23.9 Å². The number of benzene rings is 3.